The largest absolute Gasteiger partial charge is 0.293 e. The van der Waals surface area contributed by atoms with Gasteiger partial charge in [-0.15, -0.1) is 11.6 Å². The molecule has 0 N–H and O–H groups in total. The van der Waals surface area contributed by atoms with E-state index in [0.717, 1.165) is 5.56 Å². The second-order valence-electron chi connectivity index (χ2n) is 4.44. The van der Waals surface area contributed by atoms with Crippen LogP contribution in [0.1, 0.15) is 26.9 Å². The molecule has 0 aliphatic heterocycles. The smallest absolute Gasteiger partial charge is 0.178 e. The molecule has 0 heterocycles. The van der Waals surface area contributed by atoms with Gasteiger partial charge in [0.1, 0.15) is 0 Å². The van der Waals surface area contributed by atoms with E-state index in [1.165, 1.54) is 5.56 Å². The number of Topliss-reactive ketones (excluding diaryl/α,β-unsaturated/α-hetero) is 1. The van der Waals surface area contributed by atoms with E-state index in [2.05, 4.69) is 15.9 Å². The quantitative estimate of drug-likeness (QED) is 0.571. The van der Waals surface area contributed by atoms with Gasteiger partial charge in [0.2, 0.25) is 0 Å². The lowest BCUT2D eigenvalue weighted by Gasteiger charge is -2.16. The number of aryl methyl sites for hydroxylation is 1. The first-order valence-electron chi connectivity index (χ1n) is 6.03. The summed E-state index contributed by atoms with van der Waals surface area (Å²) < 4.78 is 0. The Kier molecular flexibility index (Phi) is 4.78. The molecule has 0 radical (unpaired) electrons. The summed E-state index contributed by atoms with van der Waals surface area (Å²) in [7, 11) is 0. The van der Waals surface area contributed by atoms with Gasteiger partial charge >= 0.3 is 0 Å². The lowest BCUT2D eigenvalue weighted by molar-refractivity contribution is 0.0990. The summed E-state index contributed by atoms with van der Waals surface area (Å²) in [6, 6.07) is 17.1. The maximum Gasteiger partial charge on any atom is 0.178 e. The SMILES string of the molecule is Cc1ccc([C@@H](Cl)[C@@H](Br)C(=O)c2ccccc2)cc1. The van der Waals surface area contributed by atoms with Crippen molar-refractivity contribution >= 4 is 33.3 Å². The maximum absolute atomic E-state index is 12.3. The Morgan fingerprint density at radius 1 is 1.05 bits per heavy atom. The Bertz CT molecular complexity index is 551. The van der Waals surface area contributed by atoms with Crippen molar-refractivity contribution in [1.82, 2.24) is 0 Å². The van der Waals surface area contributed by atoms with Gasteiger partial charge in [0.25, 0.3) is 0 Å². The monoisotopic (exact) mass is 336 g/mol. The second kappa shape index (κ2) is 6.36. The van der Waals surface area contributed by atoms with Crippen LogP contribution in [0, 0.1) is 6.92 Å². The molecule has 0 fully saturated rings. The highest BCUT2D eigenvalue weighted by Crippen LogP contribution is 2.31. The fourth-order valence-corrected chi connectivity index (χ4v) is 2.64. The van der Waals surface area contributed by atoms with Gasteiger partial charge in [-0.1, -0.05) is 76.1 Å². The van der Waals surface area contributed by atoms with Crippen molar-refractivity contribution in [2.24, 2.45) is 0 Å². The molecule has 1 nitrogen and oxygen atoms in total. The van der Waals surface area contributed by atoms with E-state index in [-0.39, 0.29) is 11.2 Å². The molecule has 0 aromatic heterocycles. The van der Waals surface area contributed by atoms with E-state index in [1.54, 1.807) is 12.1 Å². The highest BCUT2D eigenvalue weighted by molar-refractivity contribution is 9.10. The van der Waals surface area contributed by atoms with Crippen molar-refractivity contribution in [3.63, 3.8) is 0 Å². The molecule has 0 unspecified atom stereocenters. The third-order valence-corrected chi connectivity index (χ3v) is 4.71. The van der Waals surface area contributed by atoms with Crippen LogP contribution in [0.3, 0.4) is 0 Å². The van der Waals surface area contributed by atoms with Crippen molar-refractivity contribution in [1.29, 1.82) is 0 Å². The number of alkyl halides is 2. The maximum atomic E-state index is 12.3. The molecule has 0 spiro atoms. The molecule has 0 amide bonds. The Labute approximate surface area is 126 Å². The number of hydrogen-bond acceptors (Lipinski definition) is 1. The minimum absolute atomic E-state index is 0.00109. The molecule has 2 rings (SSSR count). The van der Waals surface area contributed by atoms with E-state index in [1.807, 2.05) is 49.4 Å². The van der Waals surface area contributed by atoms with Crippen LogP contribution in [0.15, 0.2) is 54.6 Å². The molecule has 2 aromatic rings. The number of carbonyl (C=O) groups excluding carboxylic acids is 1. The first kappa shape index (κ1) is 14.3. The van der Waals surface area contributed by atoms with Crippen LogP contribution >= 0.6 is 27.5 Å². The second-order valence-corrected chi connectivity index (χ2v) is 5.90. The third-order valence-electron chi connectivity index (χ3n) is 2.96. The summed E-state index contributed by atoms with van der Waals surface area (Å²) in [6.07, 6.45) is 0. The number of halogens is 2. The predicted molar refractivity (Wildman–Crippen MR) is 83.3 cm³/mol. The van der Waals surface area contributed by atoms with Gasteiger partial charge in [-0.25, -0.2) is 0 Å². The summed E-state index contributed by atoms with van der Waals surface area (Å²) in [6.45, 7) is 2.02. The van der Waals surface area contributed by atoms with Crippen molar-refractivity contribution in [2.75, 3.05) is 0 Å². The van der Waals surface area contributed by atoms with Gasteiger partial charge in [0.15, 0.2) is 5.78 Å². The Morgan fingerprint density at radius 2 is 1.63 bits per heavy atom. The number of ketones is 1. The average Bonchev–Trinajstić information content (AvgIpc) is 2.46. The lowest BCUT2D eigenvalue weighted by Crippen LogP contribution is -2.19. The van der Waals surface area contributed by atoms with E-state index < -0.39 is 4.83 Å². The topological polar surface area (TPSA) is 17.1 Å². The standard InChI is InChI=1S/C16H14BrClO/c1-11-7-9-12(10-8-11)15(18)14(17)16(19)13-5-3-2-4-6-13/h2-10,14-15H,1H3/t14-,15-/m1/s1. The highest BCUT2D eigenvalue weighted by Gasteiger charge is 2.26. The minimum atomic E-state index is -0.431. The van der Waals surface area contributed by atoms with Crippen LogP contribution in [0.25, 0.3) is 0 Å². The highest BCUT2D eigenvalue weighted by atomic mass is 79.9. The molecule has 0 bridgehead atoms. The summed E-state index contributed by atoms with van der Waals surface area (Å²) >= 11 is 9.81. The summed E-state index contributed by atoms with van der Waals surface area (Å²) in [4.78, 5) is 11.9. The van der Waals surface area contributed by atoms with Crippen LogP contribution in [0.5, 0.6) is 0 Å². The van der Waals surface area contributed by atoms with Gasteiger partial charge in [-0.2, -0.15) is 0 Å². The molecule has 0 aliphatic rings. The molecule has 19 heavy (non-hydrogen) atoms. The van der Waals surface area contributed by atoms with Gasteiger partial charge < -0.3 is 0 Å². The molecular weight excluding hydrogens is 324 g/mol. The van der Waals surface area contributed by atoms with Crippen molar-refractivity contribution < 1.29 is 4.79 Å². The zero-order valence-electron chi connectivity index (χ0n) is 10.5. The normalized spacial score (nSPS) is 13.8. The molecule has 0 saturated heterocycles. The summed E-state index contributed by atoms with van der Waals surface area (Å²) in [5, 5.41) is -0.381. The molecule has 0 saturated carbocycles. The number of carbonyl (C=O) groups is 1. The van der Waals surface area contributed by atoms with Gasteiger partial charge in [0, 0.05) is 5.56 Å². The average molecular weight is 338 g/mol. The van der Waals surface area contributed by atoms with E-state index in [4.69, 9.17) is 11.6 Å². The van der Waals surface area contributed by atoms with Crippen molar-refractivity contribution in [2.45, 2.75) is 17.1 Å². The summed E-state index contributed by atoms with van der Waals surface area (Å²) in [5.74, 6) is 0.00109. The number of hydrogen-bond donors (Lipinski definition) is 0. The Morgan fingerprint density at radius 3 is 2.21 bits per heavy atom. The third kappa shape index (κ3) is 3.46. The summed E-state index contributed by atoms with van der Waals surface area (Å²) in [5.41, 5.74) is 2.79. The zero-order valence-corrected chi connectivity index (χ0v) is 12.9. The lowest BCUT2D eigenvalue weighted by atomic mass is 10.0. The van der Waals surface area contributed by atoms with Gasteiger partial charge in [-0.05, 0) is 12.5 Å². The molecule has 3 heteroatoms. The fraction of sp³-hybridized carbons (Fsp3) is 0.188. The zero-order chi connectivity index (χ0) is 13.8. The van der Waals surface area contributed by atoms with Crippen LogP contribution in [0.4, 0.5) is 0 Å². The molecular formula is C16H14BrClO. The molecule has 2 atom stereocenters. The first-order valence-corrected chi connectivity index (χ1v) is 7.39. The first-order chi connectivity index (χ1) is 9.09. The minimum Gasteiger partial charge on any atom is -0.293 e. The van der Waals surface area contributed by atoms with Gasteiger partial charge in [-0.3, -0.25) is 4.79 Å². The molecule has 0 aliphatic carbocycles. The number of rotatable bonds is 4. The van der Waals surface area contributed by atoms with Crippen molar-refractivity contribution in [3.8, 4) is 0 Å². The molecule has 2 aromatic carbocycles. The van der Waals surface area contributed by atoms with Crippen LogP contribution in [0.2, 0.25) is 0 Å². The Hall–Kier alpha value is -1.12. The van der Waals surface area contributed by atoms with Gasteiger partial charge in [0.05, 0.1) is 10.2 Å². The predicted octanol–water partition coefficient (Wildman–Crippen LogP) is 4.92. The van der Waals surface area contributed by atoms with E-state index in [0.29, 0.717) is 5.56 Å². The fourth-order valence-electron chi connectivity index (χ4n) is 1.81. The van der Waals surface area contributed by atoms with Crippen LogP contribution in [-0.2, 0) is 0 Å². The number of benzene rings is 2. The van der Waals surface area contributed by atoms with E-state index in [9.17, 15) is 4.79 Å². The molecule has 98 valence electrons. The van der Waals surface area contributed by atoms with Crippen LogP contribution in [-0.4, -0.2) is 10.6 Å². The Balaban J connectivity index is 2.17. The van der Waals surface area contributed by atoms with E-state index >= 15 is 0 Å². The van der Waals surface area contributed by atoms with Crippen LogP contribution < -0.4 is 0 Å². The van der Waals surface area contributed by atoms with Crippen molar-refractivity contribution in [3.05, 3.63) is 71.3 Å².